The Labute approximate surface area is 124 Å². The molecule has 1 aromatic heterocycles. The van der Waals surface area contributed by atoms with E-state index in [1.807, 2.05) is 30.3 Å². The Bertz CT molecular complexity index is 753. The van der Waals surface area contributed by atoms with Gasteiger partial charge >= 0.3 is 0 Å². The van der Waals surface area contributed by atoms with Crippen molar-refractivity contribution in [1.29, 1.82) is 5.26 Å². The van der Waals surface area contributed by atoms with Gasteiger partial charge in [0.1, 0.15) is 11.6 Å². The van der Waals surface area contributed by atoms with Crippen LogP contribution in [0.15, 0.2) is 35.1 Å². The van der Waals surface area contributed by atoms with Gasteiger partial charge < -0.3 is 4.98 Å². The molecule has 1 aliphatic carbocycles. The van der Waals surface area contributed by atoms with E-state index in [0.717, 1.165) is 48.1 Å². The quantitative estimate of drug-likeness (QED) is 0.915. The minimum atomic E-state index is -0.259. The lowest BCUT2D eigenvalue weighted by Gasteiger charge is -2.26. The molecule has 0 amide bonds. The van der Waals surface area contributed by atoms with Gasteiger partial charge in [0.05, 0.1) is 5.69 Å². The standard InChI is InChI=1S/C18H18N2O/c1-2-12-8-9-14-15(10-12)17(13-6-4-3-5-7-13)20-18(21)16(14)11-19/h3-7,12H,2,8-10H2,1H3,(H,20,21). The SMILES string of the molecule is CCC1CCc2c(c(-c3ccccc3)[nH]c(=O)c2C#N)C1. The third-order valence-corrected chi connectivity index (χ3v) is 4.48. The second-order valence-corrected chi connectivity index (χ2v) is 5.66. The fraction of sp³-hybridized carbons (Fsp3) is 0.333. The first-order chi connectivity index (χ1) is 10.2. The average Bonchev–Trinajstić information content (AvgIpc) is 2.54. The van der Waals surface area contributed by atoms with Gasteiger partial charge in [0.15, 0.2) is 0 Å². The molecular weight excluding hydrogens is 260 g/mol. The Morgan fingerprint density at radius 2 is 2.05 bits per heavy atom. The summed E-state index contributed by atoms with van der Waals surface area (Å²) >= 11 is 0. The predicted octanol–water partition coefficient (Wildman–Crippen LogP) is 3.43. The van der Waals surface area contributed by atoms with E-state index in [4.69, 9.17) is 0 Å². The Morgan fingerprint density at radius 1 is 1.29 bits per heavy atom. The van der Waals surface area contributed by atoms with Gasteiger partial charge in [0.2, 0.25) is 0 Å². The first kappa shape index (κ1) is 13.6. The zero-order valence-corrected chi connectivity index (χ0v) is 12.1. The third kappa shape index (κ3) is 2.38. The Balaban J connectivity index is 2.24. The molecule has 3 heteroatoms. The predicted molar refractivity (Wildman–Crippen MR) is 83.0 cm³/mol. The summed E-state index contributed by atoms with van der Waals surface area (Å²) in [6.45, 7) is 2.20. The molecule has 106 valence electrons. The zero-order valence-electron chi connectivity index (χ0n) is 12.1. The number of fused-ring (bicyclic) bond motifs is 1. The highest BCUT2D eigenvalue weighted by Crippen LogP contribution is 2.33. The van der Waals surface area contributed by atoms with Crippen molar-refractivity contribution in [2.45, 2.75) is 32.6 Å². The van der Waals surface area contributed by atoms with Gasteiger partial charge in [0, 0.05) is 0 Å². The number of pyridine rings is 1. The van der Waals surface area contributed by atoms with Crippen LogP contribution in [0.3, 0.4) is 0 Å². The van der Waals surface area contributed by atoms with Crippen LogP contribution in [0.4, 0.5) is 0 Å². The van der Waals surface area contributed by atoms with E-state index >= 15 is 0 Å². The van der Waals surface area contributed by atoms with Gasteiger partial charge in [-0.05, 0) is 41.9 Å². The van der Waals surface area contributed by atoms with Crippen LogP contribution in [-0.2, 0) is 12.8 Å². The Hall–Kier alpha value is -2.34. The minimum Gasteiger partial charge on any atom is -0.321 e. The minimum absolute atomic E-state index is 0.259. The average molecular weight is 278 g/mol. The lowest BCUT2D eigenvalue weighted by atomic mass is 9.79. The summed E-state index contributed by atoms with van der Waals surface area (Å²) in [4.78, 5) is 15.1. The van der Waals surface area contributed by atoms with Crippen LogP contribution >= 0.6 is 0 Å². The number of H-pyrrole nitrogens is 1. The topological polar surface area (TPSA) is 56.6 Å². The summed E-state index contributed by atoms with van der Waals surface area (Å²) in [6, 6.07) is 12.0. The lowest BCUT2D eigenvalue weighted by Crippen LogP contribution is -2.23. The lowest BCUT2D eigenvalue weighted by molar-refractivity contribution is 0.444. The molecule has 0 fully saturated rings. The van der Waals surface area contributed by atoms with E-state index in [9.17, 15) is 10.1 Å². The van der Waals surface area contributed by atoms with Crippen molar-refractivity contribution in [2.75, 3.05) is 0 Å². The van der Waals surface area contributed by atoms with Crippen molar-refractivity contribution in [1.82, 2.24) is 4.98 Å². The smallest absolute Gasteiger partial charge is 0.266 e. The van der Waals surface area contributed by atoms with E-state index in [1.54, 1.807) is 0 Å². The summed E-state index contributed by atoms with van der Waals surface area (Å²) in [5, 5.41) is 9.29. The summed E-state index contributed by atoms with van der Waals surface area (Å²) < 4.78 is 0. The fourth-order valence-corrected chi connectivity index (χ4v) is 3.25. The molecule has 0 spiro atoms. The number of hydrogen-bond donors (Lipinski definition) is 1. The monoisotopic (exact) mass is 278 g/mol. The number of nitrogens with zero attached hydrogens (tertiary/aromatic N) is 1. The van der Waals surface area contributed by atoms with Gasteiger partial charge in [0.25, 0.3) is 5.56 Å². The maximum atomic E-state index is 12.2. The van der Waals surface area contributed by atoms with E-state index in [0.29, 0.717) is 11.5 Å². The molecule has 1 aromatic carbocycles. The molecule has 0 saturated heterocycles. The summed E-state index contributed by atoms with van der Waals surface area (Å²) in [5.41, 5.74) is 4.09. The van der Waals surface area contributed by atoms with Crippen molar-refractivity contribution in [3.05, 3.63) is 57.4 Å². The highest BCUT2D eigenvalue weighted by atomic mass is 16.1. The number of nitrogens with one attached hydrogen (secondary N) is 1. The molecule has 3 nitrogen and oxygen atoms in total. The maximum Gasteiger partial charge on any atom is 0.266 e. The number of nitriles is 1. The van der Waals surface area contributed by atoms with Crippen molar-refractivity contribution < 1.29 is 0 Å². The van der Waals surface area contributed by atoms with E-state index in [-0.39, 0.29) is 5.56 Å². The van der Waals surface area contributed by atoms with Gasteiger partial charge in [-0.2, -0.15) is 5.26 Å². The Morgan fingerprint density at radius 3 is 2.71 bits per heavy atom. The van der Waals surface area contributed by atoms with Crippen molar-refractivity contribution in [3.8, 4) is 17.3 Å². The van der Waals surface area contributed by atoms with E-state index < -0.39 is 0 Å². The molecule has 1 atom stereocenters. The summed E-state index contributed by atoms with van der Waals surface area (Å²) in [5.74, 6) is 0.636. The number of aromatic amines is 1. The fourth-order valence-electron chi connectivity index (χ4n) is 3.25. The van der Waals surface area contributed by atoms with Crippen LogP contribution in [-0.4, -0.2) is 4.98 Å². The Kier molecular flexibility index (Phi) is 3.62. The molecule has 2 aromatic rings. The first-order valence-corrected chi connectivity index (χ1v) is 7.48. The van der Waals surface area contributed by atoms with Gasteiger partial charge in [-0.15, -0.1) is 0 Å². The molecule has 1 heterocycles. The highest BCUT2D eigenvalue weighted by Gasteiger charge is 2.25. The second-order valence-electron chi connectivity index (χ2n) is 5.66. The van der Waals surface area contributed by atoms with Crippen LogP contribution in [0, 0.1) is 17.2 Å². The van der Waals surface area contributed by atoms with Crippen LogP contribution < -0.4 is 5.56 Å². The number of aromatic nitrogens is 1. The normalized spacial score (nSPS) is 17.0. The molecule has 3 rings (SSSR count). The molecule has 1 N–H and O–H groups in total. The molecule has 0 radical (unpaired) electrons. The number of hydrogen-bond acceptors (Lipinski definition) is 2. The number of rotatable bonds is 2. The molecule has 21 heavy (non-hydrogen) atoms. The maximum absolute atomic E-state index is 12.2. The third-order valence-electron chi connectivity index (χ3n) is 4.48. The molecule has 0 aliphatic heterocycles. The largest absolute Gasteiger partial charge is 0.321 e. The molecule has 0 bridgehead atoms. The van der Waals surface area contributed by atoms with Crippen LogP contribution in [0.5, 0.6) is 0 Å². The molecule has 1 unspecified atom stereocenters. The van der Waals surface area contributed by atoms with Crippen LogP contribution in [0.25, 0.3) is 11.3 Å². The first-order valence-electron chi connectivity index (χ1n) is 7.48. The molecular formula is C18H18N2O. The summed E-state index contributed by atoms with van der Waals surface area (Å²) in [6.07, 6.45) is 3.98. The van der Waals surface area contributed by atoms with E-state index in [1.165, 1.54) is 0 Å². The van der Waals surface area contributed by atoms with Crippen LogP contribution in [0.2, 0.25) is 0 Å². The van der Waals surface area contributed by atoms with Gasteiger partial charge in [-0.25, -0.2) is 0 Å². The van der Waals surface area contributed by atoms with Crippen molar-refractivity contribution in [2.24, 2.45) is 5.92 Å². The molecule has 1 aliphatic rings. The van der Waals surface area contributed by atoms with Gasteiger partial charge in [-0.1, -0.05) is 43.7 Å². The van der Waals surface area contributed by atoms with E-state index in [2.05, 4.69) is 18.0 Å². The van der Waals surface area contributed by atoms with Gasteiger partial charge in [-0.3, -0.25) is 4.79 Å². The zero-order chi connectivity index (χ0) is 14.8. The second kappa shape index (κ2) is 5.57. The summed E-state index contributed by atoms with van der Waals surface area (Å²) in [7, 11) is 0. The van der Waals surface area contributed by atoms with Crippen molar-refractivity contribution >= 4 is 0 Å². The van der Waals surface area contributed by atoms with Crippen LogP contribution in [0.1, 0.15) is 36.5 Å². The van der Waals surface area contributed by atoms with Crippen molar-refractivity contribution in [3.63, 3.8) is 0 Å². The number of benzene rings is 1. The molecule has 0 saturated carbocycles. The highest BCUT2D eigenvalue weighted by molar-refractivity contribution is 5.66.